The van der Waals surface area contributed by atoms with Gasteiger partial charge < -0.3 is 24.4 Å². The Kier molecular flexibility index (Phi) is 5.33. The maximum Gasteiger partial charge on any atom is 0.338 e. The van der Waals surface area contributed by atoms with Crippen LogP contribution in [-0.4, -0.2) is 44.8 Å². The highest BCUT2D eigenvalue weighted by Crippen LogP contribution is 2.35. The van der Waals surface area contributed by atoms with Gasteiger partial charge in [-0.1, -0.05) is 6.07 Å². The van der Waals surface area contributed by atoms with Gasteiger partial charge in [-0.15, -0.1) is 0 Å². The molecule has 1 aromatic carbocycles. The Bertz CT molecular complexity index is 684. The lowest BCUT2D eigenvalue weighted by Crippen LogP contribution is -2.46. The number of amides is 2. The van der Waals surface area contributed by atoms with E-state index in [1.165, 1.54) is 12.0 Å². The van der Waals surface area contributed by atoms with Crippen molar-refractivity contribution in [1.29, 1.82) is 0 Å². The lowest BCUT2D eigenvalue weighted by molar-refractivity contribution is -0.139. The Morgan fingerprint density at radius 3 is 2.50 bits per heavy atom. The molecule has 0 fully saturated rings. The number of ether oxygens (including phenoxy) is 3. The summed E-state index contributed by atoms with van der Waals surface area (Å²) in [6.45, 7) is 3.72. The first kappa shape index (κ1) is 17.7. The minimum Gasteiger partial charge on any atom is -0.493 e. The van der Waals surface area contributed by atoms with E-state index in [0.717, 1.165) is 0 Å². The molecule has 0 aliphatic carbocycles. The van der Waals surface area contributed by atoms with Crippen LogP contribution in [0, 0.1) is 0 Å². The maximum atomic E-state index is 12.4. The monoisotopic (exact) mass is 334 g/mol. The van der Waals surface area contributed by atoms with Gasteiger partial charge in [-0.2, -0.15) is 0 Å². The van der Waals surface area contributed by atoms with Crippen LogP contribution in [-0.2, 0) is 9.53 Å². The molecule has 1 heterocycles. The predicted octanol–water partition coefficient (Wildman–Crippen LogP) is 2.24. The second-order valence-corrected chi connectivity index (χ2v) is 5.28. The lowest BCUT2D eigenvalue weighted by Gasteiger charge is -2.33. The molecule has 2 amide bonds. The molecule has 1 aliphatic heterocycles. The van der Waals surface area contributed by atoms with Crippen molar-refractivity contribution in [2.75, 3.05) is 27.9 Å². The van der Waals surface area contributed by atoms with E-state index >= 15 is 0 Å². The largest absolute Gasteiger partial charge is 0.493 e. The van der Waals surface area contributed by atoms with Gasteiger partial charge in [0.25, 0.3) is 0 Å². The summed E-state index contributed by atoms with van der Waals surface area (Å²) in [4.78, 5) is 26.0. The number of methoxy groups -OCH3 is 2. The Hall–Kier alpha value is -2.70. The van der Waals surface area contributed by atoms with Gasteiger partial charge in [0.1, 0.15) is 0 Å². The van der Waals surface area contributed by atoms with Crippen molar-refractivity contribution in [1.82, 2.24) is 10.2 Å². The zero-order valence-electron chi connectivity index (χ0n) is 14.5. The van der Waals surface area contributed by atoms with Crippen molar-refractivity contribution in [3.63, 3.8) is 0 Å². The van der Waals surface area contributed by atoms with Crippen LogP contribution in [0.2, 0.25) is 0 Å². The zero-order chi connectivity index (χ0) is 17.9. The predicted molar refractivity (Wildman–Crippen MR) is 87.9 cm³/mol. The molecule has 7 heteroatoms. The molecular formula is C17H22N2O5. The van der Waals surface area contributed by atoms with Crippen LogP contribution in [0.3, 0.4) is 0 Å². The minimum atomic E-state index is -0.618. The third-order valence-electron chi connectivity index (χ3n) is 3.99. The quantitative estimate of drug-likeness (QED) is 0.836. The number of hydrogen-bond donors (Lipinski definition) is 1. The highest BCUT2D eigenvalue weighted by Gasteiger charge is 2.35. The van der Waals surface area contributed by atoms with Crippen LogP contribution in [0.25, 0.3) is 0 Å². The Balaban J connectivity index is 2.53. The molecule has 1 N–H and O–H groups in total. The summed E-state index contributed by atoms with van der Waals surface area (Å²) in [6.07, 6.45) is 0. The van der Waals surface area contributed by atoms with Crippen LogP contribution in [0.1, 0.15) is 25.5 Å². The summed E-state index contributed by atoms with van der Waals surface area (Å²) in [6, 6.07) is 4.34. The second-order valence-electron chi connectivity index (χ2n) is 5.28. The molecule has 0 bridgehead atoms. The van der Waals surface area contributed by atoms with E-state index in [4.69, 9.17) is 14.2 Å². The third kappa shape index (κ3) is 3.15. The van der Waals surface area contributed by atoms with Crippen LogP contribution < -0.4 is 14.8 Å². The van der Waals surface area contributed by atoms with Crippen molar-refractivity contribution >= 4 is 12.0 Å². The number of carbonyl (C=O) groups is 2. The van der Waals surface area contributed by atoms with E-state index in [1.807, 2.05) is 0 Å². The van der Waals surface area contributed by atoms with Crippen LogP contribution >= 0.6 is 0 Å². The number of benzene rings is 1. The molecule has 0 radical (unpaired) electrons. The van der Waals surface area contributed by atoms with Gasteiger partial charge in [-0.05, 0) is 31.5 Å². The maximum absolute atomic E-state index is 12.4. The van der Waals surface area contributed by atoms with Gasteiger partial charge in [0, 0.05) is 12.7 Å². The Labute approximate surface area is 141 Å². The van der Waals surface area contributed by atoms with Gasteiger partial charge in [0.2, 0.25) is 0 Å². The van der Waals surface area contributed by atoms with E-state index in [0.29, 0.717) is 28.3 Å². The third-order valence-corrected chi connectivity index (χ3v) is 3.99. The van der Waals surface area contributed by atoms with Crippen molar-refractivity contribution in [3.8, 4) is 11.5 Å². The average Bonchev–Trinajstić information content (AvgIpc) is 2.58. The van der Waals surface area contributed by atoms with E-state index in [1.54, 1.807) is 46.2 Å². The fourth-order valence-electron chi connectivity index (χ4n) is 2.59. The van der Waals surface area contributed by atoms with E-state index in [9.17, 15) is 9.59 Å². The fourth-order valence-corrected chi connectivity index (χ4v) is 2.59. The van der Waals surface area contributed by atoms with Gasteiger partial charge in [-0.3, -0.25) is 0 Å². The molecule has 130 valence electrons. The lowest BCUT2D eigenvalue weighted by atomic mass is 9.94. The van der Waals surface area contributed by atoms with E-state index in [-0.39, 0.29) is 12.6 Å². The molecule has 0 saturated carbocycles. The van der Waals surface area contributed by atoms with E-state index < -0.39 is 12.0 Å². The summed E-state index contributed by atoms with van der Waals surface area (Å²) < 4.78 is 15.7. The number of allylic oxidation sites excluding steroid dienone is 1. The topological polar surface area (TPSA) is 77.1 Å². The SMILES string of the molecule is CCOC(=O)C1=C(C)N(C)C(=O)NC1c1ccc(OC)c(OC)c1. The Morgan fingerprint density at radius 1 is 1.25 bits per heavy atom. The molecule has 1 aromatic rings. The summed E-state index contributed by atoms with van der Waals surface area (Å²) in [5.74, 6) is 0.629. The number of nitrogens with zero attached hydrogens (tertiary/aromatic N) is 1. The van der Waals surface area contributed by atoms with Gasteiger partial charge in [-0.25, -0.2) is 9.59 Å². The molecule has 0 saturated heterocycles. The molecule has 1 atom stereocenters. The number of nitrogens with one attached hydrogen (secondary N) is 1. The molecule has 0 aromatic heterocycles. The summed E-state index contributed by atoms with van der Waals surface area (Å²) in [5.41, 5.74) is 1.65. The van der Waals surface area contributed by atoms with Crippen molar-refractivity contribution < 1.29 is 23.8 Å². The minimum absolute atomic E-state index is 0.256. The summed E-state index contributed by atoms with van der Waals surface area (Å²) >= 11 is 0. The molecule has 0 spiro atoms. The first-order chi connectivity index (χ1) is 11.4. The summed E-state index contributed by atoms with van der Waals surface area (Å²) in [7, 11) is 4.68. The van der Waals surface area contributed by atoms with Crippen LogP contribution in [0.5, 0.6) is 11.5 Å². The molecule has 7 nitrogen and oxygen atoms in total. The molecule has 1 aliphatic rings. The standard InChI is InChI=1S/C17H22N2O5/c1-6-24-16(20)14-10(2)19(3)17(21)18-15(14)11-7-8-12(22-4)13(9-11)23-5/h7-9,15H,6H2,1-5H3,(H,18,21). The molecule has 2 rings (SSSR count). The fraction of sp³-hybridized carbons (Fsp3) is 0.412. The number of carbonyl (C=O) groups excluding carboxylic acids is 2. The smallest absolute Gasteiger partial charge is 0.338 e. The van der Waals surface area contributed by atoms with Crippen LogP contribution in [0.15, 0.2) is 29.5 Å². The highest BCUT2D eigenvalue weighted by atomic mass is 16.5. The van der Waals surface area contributed by atoms with Crippen molar-refractivity contribution in [2.24, 2.45) is 0 Å². The van der Waals surface area contributed by atoms with Gasteiger partial charge in [0.15, 0.2) is 11.5 Å². The normalized spacial score (nSPS) is 17.5. The Morgan fingerprint density at radius 2 is 1.92 bits per heavy atom. The van der Waals surface area contributed by atoms with Crippen molar-refractivity contribution in [2.45, 2.75) is 19.9 Å². The number of rotatable bonds is 5. The van der Waals surface area contributed by atoms with Crippen LogP contribution in [0.4, 0.5) is 4.79 Å². The van der Waals surface area contributed by atoms with Gasteiger partial charge in [0.05, 0.1) is 32.4 Å². The molecule has 1 unspecified atom stereocenters. The molecule has 24 heavy (non-hydrogen) atoms. The average molecular weight is 334 g/mol. The van der Waals surface area contributed by atoms with Crippen molar-refractivity contribution in [3.05, 3.63) is 35.0 Å². The van der Waals surface area contributed by atoms with E-state index in [2.05, 4.69) is 5.32 Å². The first-order valence-corrected chi connectivity index (χ1v) is 7.58. The number of hydrogen-bond acceptors (Lipinski definition) is 5. The second kappa shape index (κ2) is 7.25. The number of esters is 1. The summed E-state index contributed by atoms with van der Waals surface area (Å²) in [5, 5.41) is 2.82. The number of urea groups is 1. The van der Waals surface area contributed by atoms with Gasteiger partial charge >= 0.3 is 12.0 Å². The first-order valence-electron chi connectivity index (χ1n) is 7.58. The molecular weight excluding hydrogens is 312 g/mol. The highest BCUT2D eigenvalue weighted by molar-refractivity contribution is 5.95. The zero-order valence-corrected chi connectivity index (χ0v) is 14.5.